The molecule has 8 heteroatoms. The van der Waals surface area contributed by atoms with Crippen molar-refractivity contribution in [1.29, 1.82) is 0 Å². The Morgan fingerprint density at radius 2 is 1.89 bits per heavy atom. The summed E-state index contributed by atoms with van der Waals surface area (Å²) in [4.78, 5) is 48.9. The first-order chi connectivity index (χ1) is 13.2. The minimum atomic E-state index is -1.14. The number of rotatable bonds is 7. The molecule has 2 rings (SSSR count). The average molecular weight is 389 g/mol. The van der Waals surface area contributed by atoms with Crippen molar-refractivity contribution in [2.45, 2.75) is 51.8 Å². The van der Waals surface area contributed by atoms with Crippen LogP contribution >= 0.6 is 0 Å². The van der Waals surface area contributed by atoms with Crippen molar-refractivity contribution in [2.24, 2.45) is 5.92 Å². The first-order valence-electron chi connectivity index (χ1n) is 9.29. The topological polar surface area (TPSA) is 114 Å². The second kappa shape index (κ2) is 9.34. The largest absolute Gasteiger partial charge is 0.444 e. The van der Waals surface area contributed by atoms with E-state index >= 15 is 0 Å². The summed E-state index contributed by atoms with van der Waals surface area (Å²) in [6.07, 6.45) is -0.215. The summed E-state index contributed by atoms with van der Waals surface area (Å²) in [5.74, 6) is -2.25. The molecule has 0 aliphatic carbocycles. The second-order valence-electron chi connectivity index (χ2n) is 7.74. The van der Waals surface area contributed by atoms with Gasteiger partial charge in [0.05, 0.1) is 0 Å². The van der Waals surface area contributed by atoms with Gasteiger partial charge in [0.1, 0.15) is 11.6 Å². The van der Waals surface area contributed by atoms with Crippen LogP contribution in [0.5, 0.6) is 0 Å². The molecule has 0 saturated carbocycles. The zero-order valence-electron chi connectivity index (χ0n) is 16.4. The molecule has 3 N–H and O–H groups in total. The van der Waals surface area contributed by atoms with Gasteiger partial charge in [-0.05, 0) is 39.2 Å². The first-order valence-corrected chi connectivity index (χ1v) is 9.29. The van der Waals surface area contributed by atoms with Gasteiger partial charge in [0.15, 0.2) is 0 Å². The van der Waals surface area contributed by atoms with Crippen molar-refractivity contribution in [3.63, 3.8) is 0 Å². The summed E-state index contributed by atoms with van der Waals surface area (Å²) in [5.41, 5.74) is 0.0910. The molecule has 3 amide bonds. The SMILES string of the molecule is CC(C)(C)OC(=O)NC(CC1CCNC1=O)C(=O)C(=O)NCc1ccccc1. The van der Waals surface area contributed by atoms with E-state index in [0.29, 0.717) is 13.0 Å². The Kier molecular flexibility index (Phi) is 7.14. The lowest BCUT2D eigenvalue weighted by molar-refractivity contribution is -0.139. The lowest BCUT2D eigenvalue weighted by Crippen LogP contribution is -2.49. The number of ketones is 1. The summed E-state index contributed by atoms with van der Waals surface area (Å²) >= 11 is 0. The van der Waals surface area contributed by atoms with Crippen LogP contribution in [0.4, 0.5) is 4.79 Å². The summed E-state index contributed by atoms with van der Waals surface area (Å²) in [6, 6.07) is 8.02. The number of benzene rings is 1. The molecule has 1 aromatic rings. The van der Waals surface area contributed by atoms with Crippen LogP contribution in [0, 0.1) is 5.92 Å². The molecule has 0 bridgehead atoms. The average Bonchev–Trinajstić information content (AvgIpc) is 3.02. The Balaban J connectivity index is 2.03. The summed E-state index contributed by atoms with van der Waals surface area (Å²) in [6.45, 7) is 5.78. The van der Waals surface area contributed by atoms with Crippen LogP contribution < -0.4 is 16.0 Å². The van der Waals surface area contributed by atoms with Gasteiger partial charge >= 0.3 is 6.09 Å². The second-order valence-corrected chi connectivity index (χ2v) is 7.74. The molecule has 1 fully saturated rings. The van der Waals surface area contributed by atoms with E-state index in [0.717, 1.165) is 5.56 Å². The number of Topliss-reactive ketones (excluding diaryl/α,β-unsaturated/α-hetero) is 1. The molecule has 0 aromatic heterocycles. The van der Waals surface area contributed by atoms with Crippen molar-refractivity contribution in [3.8, 4) is 0 Å². The highest BCUT2D eigenvalue weighted by Crippen LogP contribution is 2.17. The van der Waals surface area contributed by atoms with Crippen molar-refractivity contribution >= 4 is 23.7 Å². The number of ether oxygens (including phenoxy) is 1. The van der Waals surface area contributed by atoms with Crippen LogP contribution in [-0.4, -0.2) is 41.9 Å². The van der Waals surface area contributed by atoms with Gasteiger partial charge in [0.25, 0.3) is 5.91 Å². The van der Waals surface area contributed by atoms with Crippen LogP contribution in [0.15, 0.2) is 30.3 Å². The van der Waals surface area contributed by atoms with E-state index in [-0.39, 0.29) is 18.9 Å². The predicted octanol–water partition coefficient (Wildman–Crippen LogP) is 1.29. The molecule has 28 heavy (non-hydrogen) atoms. The summed E-state index contributed by atoms with van der Waals surface area (Å²) in [5, 5.41) is 7.69. The number of amides is 3. The number of nitrogens with one attached hydrogen (secondary N) is 3. The van der Waals surface area contributed by atoms with Gasteiger partial charge < -0.3 is 20.7 Å². The van der Waals surface area contributed by atoms with Crippen molar-refractivity contribution in [1.82, 2.24) is 16.0 Å². The minimum absolute atomic E-state index is 0.0443. The van der Waals surface area contributed by atoms with Gasteiger partial charge in [-0.2, -0.15) is 0 Å². The van der Waals surface area contributed by atoms with Crippen LogP contribution in [0.2, 0.25) is 0 Å². The Hall–Kier alpha value is -2.90. The maximum atomic E-state index is 12.6. The molecule has 1 aliphatic heterocycles. The molecular weight excluding hydrogens is 362 g/mol. The first kappa shape index (κ1) is 21.4. The van der Waals surface area contributed by atoms with Crippen LogP contribution in [0.3, 0.4) is 0 Å². The fourth-order valence-corrected chi connectivity index (χ4v) is 2.86. The normalized spacial score (nSPS) is 17.4. The molecule has 0 radical (unpaired) electrons. The van der Waals surface area contributed by atoms with E-state index in [1.807, 2.05) is 30.3 Å². The standard InChI is InChI=1S/C20H27N3O5/c1-20(2,3)28-19(27)23-15(11-14-9-10-21-17(14)25)16(24)18(26)22-12-13-7-5-4-6-8-13/h4-8,14-15H,9-12H2,1-3H3,(H,21,25)(H,22,26)(H,23,27). The molecule has 152 valence electrons. The smallest absolute Gasteiger partial charge is 0.408 e. The highest BCUT2D eigenvalue weighted by atomic mass is 16.6. The number of hydrogen-bond acceptors (Lipinski definition) is 5. The maximum Gasteiger partial charge on any atom is 0.408 e. The van der Waals surface area contributed by atoms with E-state index < -0.39 is 35.3 Å². The molecule has 0 spiro atoms. The van der Waals surface area contributed by atoms with Gasteiger partial charge in [-0.3, -0.25) is 14.4 Å². The Morgan fingerprint density at radius 3 is 2.46 bits per heavy atom. The summed E-state index contributed by atoms with van der Waals surface area (Å²) in [7, 11) is 0. The lowest BCUT2D eigenvalue weighted by Gasteiger charge is -2.23. The number of carbonyl (C=O) groups excluding carboxylic acids is 4. The van der Waals surface area contributed by atoms with Crippen LogP contribution in [0.25, 0.3) is 0 Å². The highest BCUT2D eigenvalue weighted by molar-refractivity contribution is 6.38. The molecule has 2 unspecified atom stereocenters. The monoisotopic (exact) mass is 389 g/mol. The number of hydrogen-bond donors (Lipinski definition) is 3. The molecule has 1 aromatic carbocycles. The third-order valence-electron chi connectivity index (χ3n) is 4.21. The molecule has 8 nitrogen and oxygen atoms in total. The fraction of sp³-hybridized carbons (Fsp3) is 0.500. The van der Waals surface area contributed by atoms with E-state index in [2.05, 4.69) is 16.0 Å². The van der Waals surface area contributed by atoms with Crippen LogP contribution in [0.1, 0.15) is 39.2 Å². The Bertz CT molecular complexity index is 727. The van der Waals surface area contributed by atoms with E-state index in [9.17, 15) is 19.2 Å². The number of carbonyl (C=O) groups is 4. The van der Waals surface area contributed by atoms with Crippen molar-refractivity contribution in [3.05, 3.63) is 35.9 Å². The predicted molar refractivity (Wildman–Crippen MR) is 102 cm³/mol. The maximum absolute atomic E-state index is 12.6. The Morgan fingerprint density at radius 1 is 1.21 bits per heavy atom. The minimum Gasteiger partial charge on any atom is -0.444 e. The van der Waals surface area contributed by atoms with Crippen molar-refractivity contribution < 1.29 is 23.9 Å². The fourth-order valence-electron chi connectivity index (χ4n) is 2.86. The summed E-state index contributed by atoms with van der Waals surface area (Å²) < 4.78 is 5.18. The lowest BCUT2D eigenvalue weighted by atomic mass is 9.95. The quantitative estimate of drug-likeness (QED) is 0.608. The zero-order chi connectivity index (χ0) is 20.7. The van der Waals surface area contributed by atoms with Gasteiger partial charge in [-0.1, -0.05) is 30.3 Å². The van der Waals surface area contributed by atoms with Gasteiger partial charge in [0, 0.05) is 19.0 Å². The van der Waals surface area contributed by atoms with Gasteiger partial charge in [-0.25, -0.2) is 4.79 Å². The molecule has 1 heterocycles. The highest BCUT2D eigenvalue weighted by Gasteiger charge is 2.34. The van der Waals surface area contributed by atoms with Gasteiger partial charge in [-0.15, -0.1) is 0 Å². The molecular formula is C20H27N3O5. The van der Waals surface area contributed by atoms with Gasteiger partial charge in [0.2, 0.25) is 11.7 Å². The Labute approximate surface area is 164 Å². The third kappa shape index (κ3) is 6.68. The van der Waals surface area contributed by atoms with Crippen LogP contribution in [-0.2, 0) is 25.7 Å². The number of alkyl carbamates (subject to hydrolysis) is 1. The molecule has 1 aliphatic rings. The van der Waals surface area contributed by atoms with E-state index in [1.165, 1.54) is 0 Å². The molecule has 1 saturated heterocycles. The third-order valence-corrected chi connectivity index (χ3v) is 4.21. The molecule has 2 atom stereocenters. The van der Waals surface area contributed by atoms with E-state index in [1.54, 1.807) is 20.8 Å². The van der Waals surface area contributed by atoms with Crippen molar-refractivity contribution in [2.75, 3.05) is 6.54 Å². The van der Waals surface area contributed by atoms with E-state index in [4.69, 9.17) is 4.74 Å². The zero-order valence-corrected chi connectivity index (χ0v) is 16.4.